The molecule has 2 aliphatic heterocycles. The van der Waals surface area contributed by atoms with E-state index in [0.29, 0.717) is 25.5 Å². The first kappa shape index (κ1) is 15.2. The minimum atomic E-state index is 0.267. The molecule has 0 unspecified atom stereocenters. The van der Waals surface area contributed by atoms with Crippen molar-refractivity contribution >= 4 is 11.6 Å². The summed E-state index contributed by atoms with van der Waals surface area (Å²) >= 11 is 0. The van der Waals surface area contributed by atoms with Crippen molar-refractivity contribution < 1.29 is 9.53 Å². The Kier molecular flexibility index (Phi) is 4.12. The van der Waals surface area contributed by atoms with E-state index in [0.717, 1.165) is 32.4 Å². The number of rotatable bonds is 4. The van der Waals surface area contributed by atoms with Crippen LogP contribution in [0, 0.1) is 0 Å². The lowest BCUT2D eigenvalue weighted by Gasteiger charge is -2.33. The van der Waals surface area contributed by atoms with E-state index in [1.54, 1.807) is 7.11 Å². The van der Waals surface area contributed by atoms with E-state index in [-0.39, 0.29) is 5.91 Å². The zero-order valence-corrected chi connectivity index (χ0v) is 14.0. The summed E-state index contributed by atoms with van der Waals surface area (Å²) in [6.07, 6.45) is 6.32. The van der Waals surface area contributed by atoms with Crippen molar-refractivity contribution in [1.82, 2.24) is 5.32 Å². The van der Waals surface area contributed by atoms with E-state index >= 15 is 0 Å². The van der Waals surface area contributed by atoms with Gasteiger partial charge in [-0.1, -0.05) is 6.07 Å². The first-order valence-electron chi connectivity index (χ1n) is 8.97. The van der Waals surface area contributed by atoms with Crippen LogP contribution in [0.1, 0.15) is 47.4 Å². The van der Waals surface area contributed by atoms with E-state index in [1.807, 2.05) is 4.90 Å². The maximum absolute atomic E-state index is 12.6. The van der Waals surface area contributed by atoms with Crippen molar-refractivity contribution in [2.75, 3.05) is 38.3 Å². The molecule has 1 saturated carbocycles. The number of benzene rings is 1. The van der Waals surface area contributed by atoms with Crippen LogP contribution in [0.25, 0.3) is 0 Å². The highest BCUT2D eigenvalue weighted by Gasteiger charge is 2.36. The van der Waals surface area contributed by atoms with Crippen molar-refractivity contribution in [3.8, 4) is 0 Å². The third-order valence-corrected chi connectivity index (χ3v) is 5.43. The summed E-state index contributed by atoms with van der Waals surface area (Å²) in [6.45, 7) is 3.41. The second-order valence-corrected chi connectivity index (χ2v) is 7.00. The zero-order chi connectivity index (χ0) is 15.8. The number of methoxy groups -OCH3 is 1. The van der Waals surface area contributed by atoms with Crippen molar-refractivity contribution in [3.05, 3.63) is 28.3 Å². The van der Waals surface area contributed by atoms with Gasteiger partial charge in [-0.25, -0.2) is 0 Å². The first-order chi connectivity index (χ1) is 11.3. The van der Waals surface area contributed by atoms with Crippen LogP contribution in [0.5, 0.6) is 0 Å². The zero-order valence-electron chi connectivity index (χ0n) is 14.0. The largest absolute Gasteiger partial charge is 0.383 e. The van der Waals surface area contributed by atoms with E-state index in [9.17, 15) is 4.79 Å². The average molecular weight is 314 g/mol. The Hall–Kier alpha value is -1.39. The van der Waals surface area contributed by atoms with Gasteiger partial charge in [-0.3, -0.25) is 4.79 Å². The van der Waals surface area contributed by atoms with Crippen molar-refractivity contribution in [1.29, 1.82) is 0 Å². The lowest BCUT2D eigenvalue weighted by Crippen LogP contribution is -2.38. The molecule has 2 heterocycles. The van der Waals surface area contributed by atoms with Gasteiger partial charge in [-0.2, -0.15) is 0 Å². The molecule has 1 aromatic rings. The van der Waals surface area contributed by atoms with Crippen molar-refractivity contribution in [3.63, 3.8) is 0 Å². The van der Waals surface area contributed by atoms with Gasteiger partial charge in [-0.05, 0) is 73.4 Å². The second-order valence-electron chi connectivity index (χ2n) is 7.00. The topological polar surface area (TPSA) is 41.6 Å². The summed E-state index contributed by atoms with van der Waals surface area (Å²) in [4.78, 5) is 14.6. The molecule has 1 amide bonds. The number of amides is 1. The molecular weight excluding hydrogens is 288 g/mol. The number of hydrogen-bond acceptors (Lipinski definition) is 3. The molecule has 124 valence electrons. The Morgan fingerprint density at radius 3 is 2.78 bits per heavy atom. The molecule has 0 bridgehead atoms. The maximum atomic E-state index is 12.6. The molecular formula is C19H26N2O2. The van der Waals surface area contributed by atoms with Gasteiger partial charge in [0.25, 0.3) is 0 Å². The number of carbonyl (C=O) groups is 1. The van der Waals surface area contributed by atoms with Gasteiger partial charge < -0.3 is 15.0 Å². The molecule has 23 heavy (non-hydrogen) atoms. The van der Waals surface area contributed by atoms with Crippen molar-refractivity contribution in [2.24, 2.45) is 0 Å². The smallest absolute Gasteiger partial charge is 0.227 e. The van der Waals surface area contributed by atoms with Crippen LogP contribution in [0.2, 0.25) is 0 Å². The third kappa shape index (κ3) is 2.79. The molecule has 4 heteroatoms. The quantitative estimate of drug-likeness (QED) is 0.926. The molecule has 4 rings (SSSR count). The number of ether oxygens (including phenoxy) is 1. The number of nitrogens with zero attached hydrogens (tertiary/aromatic N) is 1. The molecule has 4 nitrogen and oxygen atoms in total. The number of carbonyl (C=O) groups excluding carboxylic acids is 1. The van der Waals surface area contributed by atoms with Crippen molar-refractivity contribution in [2.45, 2.75) is 44.4 Å². The van der Waals surface area contributed by atoms with Gasteiger partial charge in [0.1, 0.15) is 0 Å². The number of hydrogen-bond donors (Lipinski definition) is 1. The molecule has 1 aromatic carbocycles. The minimum absolute atomic E-state index is 0.267. The Morgan fingerprint density at radius 1 is 1.17 bits per heavy atom. The number of nitrogens with one attached hydrogen (secondary N) is 1. The Morgan fingerprint density at radius 2 is 2.00 bits per heavy atom. The summed E-state index contributed by atoms with van der Waals surface area (Å²) in [6, 6.07) is 2.40. The summed E-state index contributed by atoms with van der Waals surface area (Å²) in [5, 5.41) is 3.53. The summed E-state index contributed by atoms with van der Waals surface area (Å²) in [5.41, 5.74) is 7.21. The maximum Gasteiger partial charge on any atom is 0.227 e. The first-order valence-corrected chi connectivity index (χ1v) is 8.97. The molecule has 1 N–H and O–H groups in total. The van der Waals surface area contributed by atoms with Crippen LogP contribution in [-0.4, -0.2) is 39.3 Å². The molecule has 0 saturated heterocycles. The van der Waals surface area contributed by atoms with Gasteiger partial charge in [0.15, 0.2) is 0 Å². The molecule has 0 spiro atoms. The molecule has 0 radical (unpaired) electrons. The lowest BCUT2D eigenvalue weighted by molar-refractivity contribution is -0.119. The monoisotopic (exact) mass is 314 g/mol. The fraction of sp³-hybridized carbons (Fsp3) is 0.632. The predicted octanol–water partition coefficient (Wildman–Crippen LogP) is 2.18. The number of aryl methyl sites for hydroxylation is 1. The van der Waals surface area contributed by atoms with E-state index in [2.05, 4.69) is 11.4 Å². The molecule has 1 fully saturated rings. The van der Waals surface area contributed by atoms with E-state index < -0.39 is 0 Å². The Balaban J connectivity index is 1.84. The minimum Gasteiger partial charge on any atom is -0.383 e. The highest BCUT2D eigenvalue weighted by Crippen LogP contribution is 2.49. The van der Waals surface area contributed by atoms with Gasteiger partial charge in [0.05, 0.1) is 12.3 Å². The number of fused-ring (bicyclic) bond motifs is 2. The fourth-order valence-electron chi connectivity index (χ4n) is 4.18. The normalized spacial score (nSPS) is 20.9. The van der Waals surface area contributed by atoms with Crippen LogP contribution in [-0.2, 0) is 28.8 Å². The molecule has 0 atom stereocenters. The summed E-state index contributed by atoms with van der Waals surface area (Å²) < 4.78 is 5.25. The summed E-state index contributed by atoms with van der Waals surface area (Å²) in [5.74, 6) is 0.941. The predicted molar refractivity (Wildman–Crippen MR) is 91.2 cm³/mol. The van der Waals surface area contributed by atoms with Gasteiger partial charge in [-0.15, -0.1) is 0 Å². The van der Waals surface area contributed by atoms with E-state index in [1.165, 1.54) is 40.8 Å². The van der Waals surface area contributed by atoms with Gasteiger partial charge in [0.2, 0.25) is 5.91 Å². The van der Waals surface area contributed by atoms with Crippen LogP contribution in [0.4, 0.5) is 5.69 Å². The second kappa shape index (κ2) is 6.25. The molecule has 1 aliphatic carbocycles. The summed E-state index contributed by atoms with van der Waals surface area (Å²) in [7, 11) is 1.71. The molecule has 3 aliphatic rings. The Bertz CT molecular complexity index is 622. The Labute approximate surface area is 138 Å². The highest BCUT2D eigenvalue weighted by molar-refractivity contribution is 5.98. The van der Waals surface area contributed by atoms with Crippen LogP contribution >= 0.6 is 0 Å². The lowest BCUT2D eigenvalue weighted by atomic mass is 9.86. The highest BCUT2D eigenvalue weighted by atomic mass is 16.5. The van der Waals surface area contributed by atoms with Crippen LogP contribution in [0.15, 0.2) is 6.07 Å². The van der Waals surface area contributed by atoms with Crippen LogP contribution < -0.4 is 10.2 Å². The standard InChI is InChI=1S/C19H26N2O2/c1-23-11-10-21-17(22)5-4-15-12-14-6-8-20-9-7-16(14)18(19(15)21)13-2-3-13/h12-13,20H,2-11H2,1H3. The SMILES string of the molecule is COCCN1C(=O)CCc2cc3c(c(C4CC4)c21)CCNCC3. The van der Waals surface area contributed by atoms with Gasteiger partial charge >= 0.3 is 0 Å². The van der Waals surface area contributed by atoms with Crippen LogP contribution in [0.3, 0.4) is 0 Å². The number of anilines is 1. The average Bonchev–Trinajstić information content (AvgIpc) is 3.39. The fourth-order valence-corrected chi connectivity index (χ4v) is 4.18. The molecule has 0 aromatic heterocycles. The van der Waals surface area contributed by atoms with E-state index in [4.69, 9.17) is 4.74 Å². The van der Waals surface area contributed by atoms with Gasteiger partial charge in [0, 0.05) is 20.1 Å². The third-order valence-electron chi connectivity index (χ3n) is 5.43.